The second-order valence-electron chi connectivity index (χ2n) is 5.69. The SMILES string of the molecule is FC(F)(F)c1ccc([C@@H](C2CC2)N2CCNCC2)cc1. The van der Waals surface area contributed by atoms with E-state index in [0.29, 0.717) is 12.0 Å². The molecule has 1 atom stereocenters. The van der Waals surface area contributed by atoms with Crippen molar-refractivity contribution < 1.29 is 13.2 Å². The Morgan fingerprint density at radius 3 is 2.15 bits per heavy atom. The van der Waals surface area contributed by atoms with Gasteiger partial charge in [-0.2, -0.15) is 13.2 Å². The molecule has 3 rings (SSSR count). The zero-order chi connectivity index (χ0) is 14.2. The molecule has 1 aliphatic heterocycles. The third-order valence-electron chi connectivity index (χ3n) is 4.19. The fourth-order valence-corrected chi connectivity index (χ4v) is 3.02. The van der Waals surface area contributed by atoms with Crippen molar-refractivity contribution >= 4 is 0 Å². The second-order valence-corrected chi connectivity index (χ2v) is 5.69. The fourth-order valence-electron chi connectivity index (χ4n) is 3.02. The van der Waals surface area contributed by atoms with E-state index in [4.69, 9.17) is 0 Å². The summed E-state index contributed by atoms with van der Waals surface area (Å²) < 4.78 is 37.9. The number of halogens is 3. The zero-order valence-electron chi connectivity index (χ0n) is 11.3. The van der Waals surface area contributed by atoms with Crippen molar-refractivity contribution in [1.29, 1.82) is 0 Å². The molecule has 1 aromatic carbocycles. The average molecular weight is 284 g/mol. The third kappa shape index (κ3) is 2.99. The number of benzene rings is 1. The lowest BCUT2D eigenvalue weighted by Gasteiger charge is -2.35. The van der Waals surface area contributed by atoms with Gasteiger partial charge >= 0.3 is 6.18 Å². The Labute approximate surface area is 117 Å². The molecule has 0 bridgehead atoms. The van der Waals surface area contributed by atoms with Crippen molar-refractivity contribution in [3.05, 3.63) is 35.4 Å². The summed E-state index contributed by atoms with van der Waals surface area (Å²) in [4.78, 5) is 2.41. The van der Waals surface area contributed by atoms with Gasteiger partial charge in [0.2, 0.25) is 0 Å². The van der Waals surface area contributed by atoms with E-state index in [1.807, 2.05) is 0 Å². The molecule has 0 spiro atoms. The number of nitrogens with zero attached hydrogens (tertiary/aromatic N) is 1. The lowest BCUT2D eigenvalue weighted by molar-refractivity contribution is -0.137. The quantitative estimate of drug-likeness (QED) is 0.917. The summed E-state index contributed by atoms with van der Waals surface area (Å²) in [5.41, 5.74) is 0.471. The molecule has 0 aromatic heterocycles. The van der Waals surface area contributed by atoms with Gasteiger partial charge in [-0.1, -0.05) is 12.1 Å². The molecular formula is C15H19F3N2. The molecule has 20 heavy (non-hydrogen) atoms. The molecule has 1 saturated carbocycles. The van der Waals surface area contributed by atoms with Gasteiger partial charge < -0.3 is 5.32 Å². The van der Waals surface area contributed by atoms with Gasteiger partial charge in [-0.3, -0.25) is 4.90 Å². The lowest BCUT2D eigenvalue weighted by atomic mass is 9.98. The van der Waals surface area contributed by atoms with Crippen molar-refractivity contribution in [2.24, 2.45) is 5.92 Å². The summed E-state index contributed by atoms with van der Waals surface area (Å²) in [6.45, 7) is 3.87. The topological polar surface area (TPSA) is 15.3 Å². The minimum Gasteiger partial charge on any atom is -0.314 e. The first kappa shape index (κ1) is 13.9. The van der Waals surface area contributed by atoms with Gasteiger partial charge in [0.15, 0.2) is 0 Å². The third-order valence-corrected chi connectivity index (χ3v) is 4.19. The molecule has 1 saturated heterocycles. The molecular weight excluding hydrogens is 265 g/mol. The summed E-state index contributed by atoms with van der Waals surface area (Å²) in [5, 5.41) is 3.32. The van der Waals surface area contributed by atoms with E-state index >= 15 is 0 Å². The molecule has 0 radical (unpaired) electrons. The molecule has 1 heterocycles. The Hall–Kier alpha value is -1.07. The molecule has 5 heteroatoms. The Balaban J connectivity index is 1.80. The highest BCUT2D eigenvalue weighted by atomic mass is 19.4. The summed E-state index contributed by atoms with van der Waals surface area (Å²) in [6, 6.07) is 6.04. The van der Waals surface area contributed by atoms with Crippen LogP contribution in [0.25, 0.3) is 0 Å². The van der Waals surface area contributed by atoms with E-state index < -0.39 is 11.7 Å². The molecule has 0 amide bonds. The Kier molecular flexibility index (Phi) is 3.73. The predicted octanol–water partition coefficient (Wildman–Crippen LogP) is 3.06. The molecule has 2 nitrogen and oxygen atoms in total. The second kappa shape index (κ2) is 5.37. The van der Waals surface area contributed by atoms with Crippen molar-refractivity contribution in [1.82, 2.24) is 10.2 Å². The number of nitrogens with one attached hydrogen (secondary N) is 1. The number of hydrogen-bond donors (Lipinski definition) is 1. The van der Waals surface area contributed by atoms with Crippen LogP contribution < -0.4 is 5.32 Å². The van der Waals surface area contributed by atoms with E-state index in [1.165, 1.54) is 25.0 Å². The molecule has 1 aliphatic carbocycles. The Morgan fingerprint density at radius 2 is 1.65 bits per heavy atom. The summed E-state index contributed by atoms with van der Waals surface area (Å²) in [6.07, 6.45) is -1.87. The normalized spacial score (nSPS) is 22.8. The molecule has 2 fully saturated rings. The minimum absolute atomic E-state index is 0.291. The van der Waals surface area contributed by atoms with Gasteiger partial charge in [0.25, 0.3) is 0 Å². The van der Waals surface area contributed by atoms with Crippen LogP contribution in [0, 0.1) is 5.92 Å². The van der Waals surface area contributed by atoms with Gasteiger partial charge in [-0.25, -0.2) is 0 Å². The number of alkyl halides is 3. The summed E-state index contributed by atoms with van der Waals surface area (Å²) in [7, 11) is 0. The van der Waals surface area contributed by atoms with Gasteiger partial charge in [-0.05, 0) is 36.5 Å². The van der Waals surface area contributed by atoms with Crippen LogP contribution in [0.5, 0.6) is 0 Å². The molecule has 1 aromatic rings. The van der Waals surface area contributed by atoms with Crippen LogP contribution in [0.1, 0.15) is 30.0 Å². The monoisotopic (exact) mass is 284 g/mol. The van der Waals surface area contributed by atoms with Crippen LogP contribution in [0.2, 0.25) is 0 Å². The highest BCUT2D eigenvalue weighted by Gasteiger charge is 2.37. The van der Waals surface area contributed by atoms with E-state index in [0.717, 1.165) is 31.7 Å². The van der Waals surface area contributed by atoms with Crippen molar-refractivity contribution in [2.45, 2.75) is 25.1 Å². The zero-order valence-corrected chi connectivity index (χ0v) is 11.3. The molecule has 1 N–H and O–H groups in total. The first-order valence-electron chi connectivity index (χ1n) is 7.17. The summed E-state index contributed by atoms with van der Waals surface area (Å²) in [5.74, 6) is 0.616. The van der Waals surface area contributed by atoms with Gasteiger partial charge in [0, 0.05) is 32.2 Å². The van der Waals surface area contributed by atoms with Crippen molar-refractivity contribution in [2.75, 3.05) is 26.2 Å². The van der Waals surface area contributed by atoms with E-state index in [1.54, 1.807) is 12.1 Å². The van der Waals surface area contributed by atoms with Crippen LogP contribution in [0.4, 0.5) is 13.2 Å². The standard InChI is InChI=1S/C15H19F3N2/c16-15(17,18)13-5-3-12(4-6-13)14(11-1-2-11)20-9-7-19-8-10-20/h3-6,11,14,19H,1-2,7-10H2/t14-/m1/s1. The van der Waals surface area contributed by atoms with Crippen LogP contribution in [-0.4, -0.2) is 31.1 Å². The van der Waals surface area contributed by atoms with Crippen LogP contribution >= 0.6 is 0 Å². The minimum atomic E-state index is -4.25. The highest BCUT2D eigenvalue weighted by Crippen LogP contribution is 2.45. The van der Waals surface area contributed by atoms with Crippen LogP contribution in [0.3, 0.4) is 0 Å². The van der Waals surface area contributed by atoms with Crippen LogP contribution in [0.15, 0.2) is 24.3 Å². The Morgan fingerprint density at radius 1 is 1.05 bits per heavy atom. The molecule has 0 unspecified atom stereocenters. The van der Waals surface area contributed by atoms with E-state index in [2.05, 4.69) is 10.2 Å². The van der Waals surface area contributed by atoms with Gasteiger partial charge in [0.1, 0.15) is 0 Å². The van der Waals surface area contributed by atoms with Crippen molar-refractivity contribution in [3.8, 4) is 0 Å². The Bertz CT molecular complexity index is 445. The maximum atomic E-state index is 12.6. The molecule has 110 valence electrons. The van der Waals surface area contributed by atoms with E-state index in [-0.39, 0.29) is 0 Å². The van der Waals surface area contributed by atoms with Crippen molar-refractivity contribution in [3.63, 3.8) is 0 Å². The summed E-state index contributed by atoms with van der Waals surface area (Å²) >= 11 is 0. The van der Waals surface area contributed by atoms with Gasteiger partial charge in [-0.15, -0.1) is 0 Å². The first-order chi connectivity index (χ1) is 9.55. The smallest absolute Gasteiger partial charge is 0.314 e. The fraction of sp³-hybridized carbons (Fsp3) is 0.600. The largest absolute Gasteiger partial charge is 0.416 e. The average Bonchev–Trinajstić information content (AvgIpc) is 3.25. The number of hydrogen-bond acceptors (Lipinski definition) is 2. The van der Waals surface area contributed by atoms with Crippen LogP contribution in [-0.2, 0) is 6.18 Å². The lowest BCUT2D eigenvalue weighted by Crippen LogP contribution is -2.45. The molecule has 2 aliphatic rings. The maximum Gasteiger partial charge on any atom is 0.416 e. The van der Waals surface area contributed by atoms with E-state index in [9.17, 15) is 13.2 Å². The maximum absolute atomic E-state index is 12.6. The first-order valence-corrected chi connectivity index (χ1v) is 7.17. The number of piperazine rings is 1. The predicted molar refractivity (Wildman–Crippen MR) is 71.4 cm³/mol. The van der Waals surface area contributed by atoms with Gasteiger partial charge in [0.05, 0.1) is 5.56 Å². The number of rotatable bonds is 3. The highest BCUT2D eigenvalue weighted by molar-refractivity contribution is 5.28.